The summed E-state index contributed by atoms with van der Waals surface area (Å²) >= 11 is 0. The van der Waals surface area contributed by atoms with Crippen molar-refractivity contribution in [1.82, 2.24) is 14.8 Å². The van der Waals surface area contributed by atoms with Gasteiger partial charge in [-0.1, -0.05) is 30.3 Å². The first-order chi connectivity index (χ1) is 18.4. The lowest BCUT2D eigenvalue weighted by molar-refractivity contribution is 0.0997. The number of primary amides is 1. The molecule has 1 aliphatic heterocycles. The average molecular weight is 515 g/mol. The van der Waals surface area contributed by atoms with Crippen LogP contribution in [0.2, 0.25) is 0 Å². The molecule has 3 aromatic rings. The van der Waals surface area contributed by atoms with Gasteiger partial charge in [0.1, 0.15) is 5.75 Å². The maximum absolute atomic E-state index is 11.9. The Kier molecular flexibility index (Phi) is 7.95. The SMILES string of the molecule is Cn1ccc(-c2ccc(C3CC3NCC3CCN(CCCc4ccc(C(N)=O)c(O)c4)CC3)cc2)cc1=O. The third-order valence-corrected chi connectivity index (χ3v) is 8.21. The Hall–Kier alpha value is -3.42. The number of carbonyl (C=O) groups is 1. The minimum atomic E-state index is -0.601. The summed E-state index contributed by atoms with van der Waals surface area (Å²) in [7, 11) is 1.77. The molecule has 7 heteroatoms. The van der Waals surface area contributed by atoms with Gasteiger partial charge in [0.05, 0.1) is 5.56 Å². The lowest BCUT2D eigenvalue weighted by atomic mass is 9.96. The number of nitrogens with zero attached hydrogens (tertiary/aromatic N) is 2. The standard InChI is InChI=1S/C31H38N4O3/c1-34-14-12-25(18-30(34)37)23-5-7-24(8-6-23)27-19-28(27)33-20-22-10-15-35(16-11-22)13-2-3-21-4-9-26(31(32)38)29(36)17-21/h4-9,12,14,17-18,22,27-28,33,36H,2-3,10-11,13,15-16,19-20H2,1H3,(H2,32,38). The normalized spacial score (nSPS) is 19.9. The molecule has 1 aliphatic carbocycles. The summed E-state index contributed by atoms with van der Waals surface area (Å²) < 4.78 is 1.59. The van der Waals surface area contributed by atoms with Gasteiger partial charge in [-0.25, -0.2) is 0 Å². The number of hydrogen-bond acceptors (Lipinski definition) is 5. The van der Waals surface area contributed by atoms with Crippen LogP contribution in [0.15, 0.2) is 65.6 Å². The van der Waals surface area contributed by atoms with E-state index in [1.807, 2.05) is 18.3 Å². The number of phenols is 1. The number of nitrogens with two attached hydrogens (primary N) is 1. The maximum Gasteiger partial charge on any atom is 0.252 e. The van der Waals surface area contributed by atoms with Crippen LogP contribution in [0.25, 0.3) is 11.1 Å². The molecule has 2 aliphatic rings. The van der Waals surface area contributed by atoms with Gasteiger partial charge in [-0.15, -0.1) is 0 Å². The van der Waals surface area contributed by atoms with E-state index in [1.165, 1.54) is 24.8 Å². The van der Waals surface area contributed by atoms with E-state index in [9.17, 15) is 14.7 Å². The minimum absolute atomic E-state index is 0.0126. The number of nitrogens with one attached hydrogen (secondary N) is 1. The smallest absolute Gasteiger partial charge is 0.252 e. The van der Waals surface area contributed by atoms with Crippen molar-refractivity contribution in [2.24, 2.45) is 18.7 Å². The highest BCUT2D eigenvalue weighted by Gasteiger charge is 2.38. The Morgan fingerprint density at radius 1 is 1.05 bits per heavy atom. The van der Waals surface area contributed by atoms with Gasteiger partial charge in [0.15, 0.2) is 0 Å². The van der Waals surface area contributed by atoms with Crippen LogP contribution in [-0.2, 0) is 13.5 Å². The minimum Gasteiger partial charge on any atom is -0.507 e. The summed E-state index contributed by atoms with van der Waals surface area (Å²) in [4.78, 5) is 25.7. The molecule has 4 N–H and O–H groups in total. The van der Waals surface area contributed by atoms with Crippen molar-refractivity contribution < 1.29 is 9.90 Å². The number of pyridine rings is 1. The molecule has 5 rings (SSSR count). The van der Waals surface area contributed by atoms with Crippen molar-refractivity contribution in [2.45, 2.75) is 44.1 Å². The summed E-state index contributed by atoms with van der Waals surface area (Å²) in [5.41, 5.74) is 9.91. The fraction of sp³-hybridized carbons (Fsp3) is 0.419. The first-order valence-corrected chi connectivity index (χ1v) is 13.7. The third-order valence-electron chi connectivity index (χ3n) is 8.21. The maximum atomic E-state index is 11.9. The number of rotatable bonds is 10. The monoisotopic (exact) mass is 514 g/mol. The van der Waals surface area contributed by atoms with Crippen LogP contribution in [0.4, 0.5) is 0 Å². The van der Waals surface area contributed by atoms with E-state index in [1.54, 1.807) is 29.8 Å². The van der Waals surface area contributed by atoms with Gasteiger partial charge in [0, 0.05) is 31.3 Å². The highest BCUT2D eigenvalue weighted by atomic mass is 16.3. The zero-order valence-corrected chi connectivity index (χ0v) is 22.1. The van der Waals surface area contributed by atoms with Crippen molar-refractivity contribution in [1.29, 1.82) is 0 Å². The van der Waals surface area contributed by atoms with E-state index in [0.717, 1.165) is 61.6 Å². The van der Waals surface area contributed by atoms with Gasteiger partial charge in [0.2, 0.25) is 0 Å². The van der Waals surface area contributed by atoms with Crippen LogP contribution < -0.4 is 16.6 Å². The summed E-state index contributed by atoms with van der Waals surface area (Å²) in [6, 6.07) is 18.1. The molecule has 38 heavy (non-hydrogen) atoms. The van der Waals surface area contributed by atoms with Gasteiger partial charge in [-0.3, -0.25) is 9.59 Å². The predicted molar refractivity (Wildman–Crippen MR) is 150 cm³/mol. The summed E-state index contributed by atoms with van der Waals surface area (Å²) in [6.07, 6.45) is 7.37. The fourth-order valence-electron chi connectivity index (χ4n) is 5.62. The summed E-state index contributed by atoms with van der Waals surface area (Å²) in [6.45, 7) is 4.41. The molecular weight excluding hydrogens is 476 g/mol. The summed E-state index contributed by atoms with van der Waals surface area (Å²) in [5.74, 6) is 0.688. The van der Waals surface area contributed by atoms with Crippen LogP contribution in [-0.4, -0.2) is 52.7 Å². The molecule has 2 aromatic carbocycles. The highest BCUT2D eigenvalue weighted by Crippen LogP contribution is 2.41. The molecule has 0 bridgehead atoms. The lowest BCUT2D eigenvalue weighted by Gasteiger charge is -2.32. The molecule has 2 fully saturated rings. The first-order valence-electron chi connectivity index (χ1n) is 13.7. The highest BCUT2D eigenvalue weighted by molar-refractivity contribution is 5.95. The summed E-state index contributed by atoms with van der Waals surface area (Å²) in [5, 5.41) is 13.8. The molecule has 2 atom stereocenters. The molecule has 2 heterocycles. The van der Waals surface area contributed by atoms with Crippen LogP contribution in [0, 0.1) is 5.92 Å². The van der Waals surface area contributed by atoms with Gasteiger partial charge < -0.3 is 25.6 Å². The van der Waals surface area contributed by atoms with Crippen LogP contribution in [0.3, 0.4) is 0 Å². The van der Waals surface area contributed by atoms with E-state index in [-0.39, 0.29) is 16.9 Å². The fourth-order valence-corrected chi connectivity index (χ4v) is 5.62. The van der Waals surface area contributed by atoms with Crippen LogP contribution in [0.1, 0.15) is 53.1 Å². The van der Waals surface area contributed by atoms with Gasteiger partial charge in [-0.05, 0) is 105 Å². The molecule has 1 aromatic heterocycles. The van der Waals surface area contributed by atoms with E-state index in [4.69, 9.17) is 5.73 Å². The number of hydrogen-bond donors (Lipinski definition) is 3. The zero-order valence-electron chi connectivity index (χ0n) is 22.1. The lowest BCUT2D eigenvalue weighted by Crippen LogP contribution is -2.38. The number of carbonyl (C=O) groups excluding carboxylic acids is 1. The van der Waals surface area contributed by atoms with Crippen LogP contribution >= 0.6 is 0 Å². The Balaban J connectivity index is 0.998. The molecule has 200 valence electrons. The van der Waals surface area contributed by atoms with Gasteiger partial charge >= 0.3 is 0 Å². The molecule has 2 unspecified atom stereocenters. The largest absolute Gasteiger partial charge is 0.507 e. The number of aromatic nitrogens is 1. The third kappa shape index (κ3) is 6.34. The van der Waals surface area contributed by atoms with Crippen molar-refractivity contribution in [3.05, 3.63) is 87.8 Å². The van der Waals surface area contributed by atoms with E-state index < -0.39 is 5.91 Å². The van der Waals surface area contributed by atoms with Crippen molar-refractivity contribution in [3.8, 4) is 16.9 Å². The number of aryl methyl sites for hydroxylation is 2. The van der Waals surface area contributed by atoms with Gasteiger partial charge in [-0.2, -0.15) is 0 Å². The molecule has 1 saturated carbocycles. The Morgan fingerprint density at radius 3 is 2.50 bits per heavy atom. The molecule has 1 saturated heterocycles. The zero-order chi connectivity index (χ0) is 26.6. The van der Waals surface area contributed by atoms with E-state index in [0.29, 0.717) is 12.0 Å². The molecule has 1 amide bonds. The topological polar surface area (TPSA) is 101 Å². The molecule has 0 radical (unpaired) electrons. The van der Waals surface area contributed by atoms with Crippen molar-refractivity contribution >= 4 is 5.91 Å². The second kappa shape index (κ2) is 11.5. The average Bonchev–Trinajstić information content (AvgIpc) is 3.69. The Bertz CT molecular complexity index is 1330. The van der Waals surface area contributed by atoms with Crippen molar-refractivity contribution in [3.63, 3.8) is 0 Å². The number of benzene rings is 2. The second-order valence-electron chi connectivity index (χ2n) is 10.9. The number of amides is 1. The Labute approximate surface area is 224 Å². The molecule has 7 nitrogen and oxygen atoms in total. The van der Waals surface area contributed by atoms with Gasteiger partial charge in [0.25, 0.3) is 11.5 Å². The number of likely N-dealkylation sites (tertiary alicyclic amines) is 1. The molecular formula is C31H38N4O3. The molecule has 0 spiro atoms. The van der Waals surface area contributed by atoms with Crippen molar-refractivity contribution in [2.75, 3.05) is 26.2 Å². The number of aromatic hydroxyl groups is 1. The first kappa shape index (κ1) is 26.2. The second-order valence-corrected chi connectivity index (χ2v) is 10.9. The van der Waals surface area contributed by atoms with E-state index >= 15 is 0 Å². The predicted octanol–water partition coefficient (Wildman–Crippen LogP) is 3.65. The van der Waals surface area contributed by atoms with Crippen LogP contribution in [0.5, 0.6) is 5.75 Å². The quantitative estimate of drug-likeness (QED) is 0.384. The van der Waals surface area contributed by atoms with E-state index in [2.05, 4.69) is 34.5 Å². The Morgan fingerprint density at radius 2 is 1.82 bits per heavy atom. The number of piperidine rings is 1.